The predicted molar refractivity (Wildman–Crippen MR) is 91.4 cm³/mol. The molecule has 8 nitrogen and oxygen atoms in total. The molecule has 0 saturated heterocycles. The van der Waals surface area contributed by atoms with Gasteiger partial charge in [-0.25, -0.2) is 13.2 Å². The molecule has 0 fully saturated rings. The van der Waals surface area contributed by atoms with E-state index in [-0.39, 0.29) is 26.9 Å². The van der Waals surface area contributed by atoms with Gasteiger partial charge < -0.3 is 4.74 Å². The van der Waals surface area contributed by atoms with Gasteiger partial charge >= 0.3 is 5.97 Å². The van der Waals surface area contributed by atoms with Crippen LogP contribution in [0.2, 0.25) is 5.02 Å². The van der Waals surface area contributed by atoms with Gasteiger partial charge in [0.05, 0.1) is 33.2 Å². The second-order valence-corrected chi connectivity index (χ2v) is 7.06. The lowest BCUT2D eigenvalue weighted by molar-refractivity contribution is -0.384. The maximum atomic E-state index is 12.6. The number of hydrogen-bond acceptors (Lipinski definition) is 6. The monoisotopic (exact) mass is 384 g/mol. The van der Waals surface area contributed by atoms with Crippen LogP contribution >= 0.6 is 11.6 Å². The molecular weight excluding hydrogens is 372 g/mol. The van der Waals surface area contributed by atoms with Crippen molar-refractivity contribution in [1.29, 1.82) is 0 Å². The summed E-state index contributed by atoms with van der Waals surface area (Å²) in [6.07, 6.45) is 0. The number of carbonyl (C=O) groups excluding carboxylic acids is 1. The second-order valence-electron chi connectivity index (χ2n) is 5.00. The molecular formula is C15H13ClN2O6S. The Morgan fingerprint density at radius 3 is 2.52 bits per heavy atom. The minimum absolute atomic E-state index is 0.00375. The lowest BCUT2D eigenvalue weighted by Gasteiger charge is -2.12. The number of carbonyl (C=O) groups is 1. The Balaban J connectivity index is 2.48. The Bertz CT molecular complexity index is 958. The first-order valence-electron chi connectivity index (χ1n) is 6.81. The summed E-state index contributed by atoms with van der Waals surface area (Å²) in [6.45, 7) is 1.55. The number of hydrogen-bond donors (Lipinski definition) is 1. The average molecular weight is 385 g/mol. The van der Waals surface area contributed by atoms with E-state index in [0.29, 0.717) is 5.56 Å². The Labute approximate surface area is 148 Å². The van der Waals surface area contributed by atoms with Crippen molar-refractivity contribution in [3.05, 3.63) is 62.7 Å². The predicted octanol–water partition coefficient (Wildman–Crippen LogP) is 3.14. The number of nitro benzene ring substituents is 1. The number of nitro groups is 1. The molecule has 1 N–H and O–H groups in total. The molecule has 0 amide bonds. The number of sulfonamides is 1. The van der Waals surface area contributed by atoms with E-state index in [0.717, 1.165) is 18.2 Å². The van der Waals surface area contributed by atoms with Crippen LogP contribution in [-0.2, 0) is 14.8 Å². The van der Waals surface area contributed by atoms with Crippen LogP contribution in [0.15, 0.2) is 41.3 Å². The van der Waals surface area contributed by atoms with Gasteiger partial charge in [-0.15, -0.1) is 0 Å². The van der Waals surface area contributed by atoms with E-state index in [2.05, 4.69) is 9.46 Å². The van der Waals surface area contributed by atoms with Crippen LogP contribution in [-0.4, -0.2) is 26.4 Å². The van der Waals surface area contributed by atoms with Crippen molar-refractivity contribution in [3.63, 3.8) is 0 Å². The number of aryl methyl sites for hydroxylation is 1. The van der Waals surface area contributed by atoms with Crippen LogP contribution in [0, 0.1) is 17.0 Å². The van der Waals surface area contributed by atoms with E-state index >= 15 is 0 Å². The molecule has 132 valence electrons. The maximum absolute atomic E-state index is 12.6. The van der Waals surface area contributed by atoms with Crippen molar-refractivity contribution in [2.45, 2.75) is 11.8 Å². The highest BCUT2D eigenvalue weighted by molar-refractivity contribution is 7.92. The summed E-state index contributed by atoms with van der Waals surface area (Å²) in [5, 5.41) is 10.8. The minimum Gasteiger partial charge on any atom is -0.465 e. The fraction of sp³-hybridized carbons (Fsp3) is 0.133. The minimum atomic E-state index is -4.14. The third-order valence-corrected chi connectivity index (χ3v) is 5.14. The van der Waals surface area contributed by atoms with Gasteiger partial charge in [-0.05, 0) is 30.7 Å². The fourth-order valence-electron chi connectivity index (χ4n) is 2.04. The molecule has 0 radical (unpaired) electrons. The SMILES string of the molecule is COC(=O)c1ccc(C)c(S(=O)(=O)Nc2cc([N+](=O)[O-])ccc2Cl)c1. The van der Waals surface area contributed by atoms with E-state index in [1.807, 2.05) is 0 Å². The largest absolute Gasteiger partial charge is 0.465 e. The molecule has 25 heavy (non-hydrogen) atoms. The zero-order chi connectivity index (χ0) is 18.8. The van der Waals surface area contributed by atoms with Gasteiger partial charge in [0.25, 0.3) is 15.7 Å². The Kier molecular flexibility index (Phi) is 5.29. The Morgan fingerprint density at radius 2 is 1.92 bits per heavy atom. The van der Waals surface area contributed by atoms with E-state index < -0.39 is 20.9 Å². The number of anilines is 1. The van der Waals surface area contributed by atoms with Crippen molar-refractivity contribution in [1.82, 2.24) is 0 Å². The Morgan fingerprint density at radius 1 is 1.24 bits per heavy atom. The summed E-state index contributed by atoms with van der Waals surface area (Å²) >= 11 is 5.91. The van der Waals surface area contributed by atoms with Crippen LogP contribution in [0.5, 0.6) is 0 Å². The first-order chi connectivity index (χ1) is 11.7. The van der Waals surface area contributed by atoms with E-state index in [1.54, 1.807) is 6.92 Å². The molecule has 2 aromatic carbocycles. The topological polar surface area (TPSA) is 116 Å². The standard InChI is InChI=1S/C15H13ClN2O6S/c1-9-3-4-10(15(19)24-2)7-14(9)25(22,23)17-13-8-11(18(20)21)5-6-12(13)16/h3-8,17H,1-2H3. The van der Waals surface area contributed by atoms with Crippen molar-refractivity contribution >= 4 is 39.0 Å². The van der Waals surface area contributed by atoms with Crippen molar-refractivity contribution in [2.75, 3.05) is 11.8 Å². The molecule has 0 aliphatic carbocycles. The molecule has 0 heterocycles. The summed E-state index contributed by atoms with van der Waals surface area (Å²) in [7, 11) is -2.96. The molecule has 2 aromatic rings. The van der Waals surface area contributed by atoms with Crippen molar-refractivity contribution < 1.29 is 22.9 Å². The van der Waals surface area contributed by atoms with Crippen molar-refractivity contribution in [3.8, 4) is 0 Å². The van der Waals surface area contributed by atoms with Gasteiger partial charge in [0.1, 0.15) is 0 Å². The summed E-state index contributed by atoms with van der Waals surface area (Å²) in [5.41, 5.74) is -0.0267. The number of non-ortho nitro benzene ring substituents is 1. The summed E-state index contributed by atoms with van der Waals surface area (Å²) in [4.78, 5) is 21.6. The first kappa shape index (κ1) is 18.7. The van der Waals surface area contributed by atoms with Crippen LogP contribution in [0.25, 0.3) is 0 Å². The number of ether oxygens (including phenoxy) is 1. The third kappa shape index (κ3) is 4.06. The molecule has 0 aromatic heterocycles. The van der Waals surface area contributed by atoms with Gasteiger partial charge in [0, 0.05) is 12.1 Å². The Hall–Kier alpha value is -2.65. The average Bonchev–Trinajstić information content (AvgIpc) is 2.56. The lowest BCUT2D eigenvalue weighted by atomic mass is 10.1. The molecule has 0 aliphatic heterocycles. The van der Waals surface area contributed by atoms with Crippen LogP contribution < -0.4 is 4.72 Å². The molecule has 2 rings (SSSR count). The molecule has 0 aliphatic rings. The third-order valence-electron chi connectivity index (χ3n) is 3.30. The molecule has 0 atom stereocenters. The first-order valence-corrected chi connectivity index (χ1v) is 8.67. The zero-order valence-corrected chi connectivity index (χ0v) is 14.7. The molecule has 10 heteroatoms. The second kappa shape index (κ2) is 7.08. The highest BCUT2D eigenvalue weighted by atomic mass is 35.5. The highest BCUT2D eigenvalue weighted by Crippen LogP contribution is 2.29. The highest BCUT2D eigenvalue weighted by Gasteiger charge is 2.22. The zero-order valence-electron chi connectivity index (χ0n) is 13.1. The normalized spacial score (nSPS) is 11.0. The van der Waals surface area contributed by atoms with E-state index in [1.165, 1.54) is 25.3 Å². The van der Waals surface area contributed by atoms with Gasteiger partial charge in [-0.1, -0.05) is 17.7 Å². The van der Waals surface area contributed by atoms with Crippen LogP contribution in [0.1, 0.15) is 15.9 Å². The number of methoxy groups -OCH3 is 1. The number of rotatable bonds is 5. The fourth-order valence-corrected chi connectivity index (χ4v) is 3.60. The van der Waals surface area contributed by atoms with E-state index in [4.69, 9.17) is 11.6 Å². The maximum Gasteiger partial charge on any atom is 0.337 e. The van der Waals surface area contributed by atoms with Crippen molar-refractivity contribution in [2.24, 2.45) is 0 Å². The summed E-state index contributed by atoms with van der Waals surface area (Å²) in [5.74, 6) is -0.690. The number of nitrogens with zero attached hydrogens (tertiary/aromatic N) is 1. The molecule has 0 spiro atoms. The number of esters is 1. The summed E-state index contributed by atoms with van der Waals surface area (Å²) in [6, 6.07) is 7.43. The smallest absolute Gasteiger partial charge is 0.337 e. The summed E-state index contributed by atoms with van der Waals surface area (Å²) < 4.78 is 32.0. The number of nitrogens with one attached hydrogen (secondary N) is 1. The van der Waals surface area contributed by atoms with Gasteiger partial charge in [-0.3, -0.25) is 14.8 Å². The van der Waals surface area contributed by atoms with E-state index in [9.17, 15) is 23.3 Å². The number of benzene rings is 2. The van der Waals surface area contributed by atoms with Gasteiger partial charge in [-0.2, -0.15) is 0 Å². The van der Waals surface area contributed by atoms with Crippen LogP contribution in [0.3, 0.4) is 0 Å². The quantitative estimate of drug-likeness (QED) is 0.481. The molecule has 0 unspecified atom stereocenters. The molecule has 0 bridgehead atoms. The lowest BCUT2D eigenvalue weighted by Crippen LogP contribution is -2.16. The number of halogens is 1. The van der Waals surface area contributed by atoms with Crippen LogP contribution in [0.4, 0.5) is 11.4 Å². The van der Waals surface area contributed by atoms with Gasteiger partial charge in [0.2, 0.25) is 0 Å². The van der Waals surface area contributed by atoms with Gasteiger partial charge in [0.15, 0.2) is 0 Å². The molecule has 0 saturated carbocycles.